The van der Waals surface area contributed by atoms with Crippen LogP contribution in [0.2, 0.25) is 0 Å². The van der Waals surface area contributed by atoms with Crippen LogP contribution < -0.4 is 5.73 Å². The Hall–Kier alpha value is -1.89. The number of nitrogens with one attached hydrogen (secondary N) is 1. The van der Waals surface area contributed by atoms with Crippen molar-refractivity contribution < 1.29 is 8.42 Å². The van der Waals surface area contributed by atoms with Crippen molar-refractivity contribution >= 4 is 15.5 Å². The second-order valence-electron chi connectivity index (χ2n) is 2.86. The first-order valence-corrected chi connectivity index (χ1v) is 5.55. The maximum Gasteiger partial charge on any atom is 0.247 e. The van der Waals surface area contributed by atoms with Gasteiger partial charge < -0.3 is 5.73 Å². The standard InChI is InChI=1S/C8H8N4O2S/c9-6-1-3-7(4-2-6)15(13,14)8-10-5-11-12-8/h1-5H,9H2,(H,10,11,12). The van der Waals surface area contributed by atoms with E-state index in [1.165, 1.54) is 24.3 Å². The predicted molar refractivity (Wildman–Crippen MR) is 52.7 cm³/mol. The second kappa shape index (κ2) is 3.35. The smallest absolute Gasteiger partial charge is 0.247 e. The van der Waals surface area contributed by atoms with Gasteiger partial charge >= 0.3 is 0 Å². The molecule has 0 atom stereocenters. The van der Waals surface area contributed by atoms with Crippen molar-refractivity contribution in [2.45, 2.75) is 10.1 Å². The zero-order valence-electron chi connectivity index (χ0n) is 7.58. The Morgan fingerprint density at radius 2 is 1.87 bits per heavy atom. The molecule has 0 aliphatic carbocycles. The van der Waals surface area contributed by atoms with E-state index in [1.54, 1.807) is 0 Å². The van der Waals surface area contributed by atoms with Gasteiger partial charge in [0.2, 0.25) is 15.0 Å². The Morgan fingerprint density at radius 3 is 2.40 bits per heavy atom. The van der Waals surface area contributed by atoms with E-state index in [0.717, 1.165) is 6.33 Å². The minimum Gasteiger partial charge on any atom is -0.399 e. The van der Waals surface area contributed by atoms with Crippen LogP contribution in [0.15, 0.2) is 40.6 Å². The number of nitrogens with zero attached hydrogens (tertiary/aromatic N) is 2. The summed E-state index contributed by atoms with van der Waals surface area (Å²) in [6.45, 7) is 0. The van der Waals surface area contributed by atoms with Gasteiger partial charge in [-0.15, -0.1) is 0 Å². The summed E-state index contributed by atoms with van der Waals surface area (Å²) in [5.41, 5.74) is 5.96. The molecule has 0 amide bonds. The lowest BCUT2D eigenvalue weighted by Crippen LogP contribution is -2.04. The van der Waals surface area contributed by atoms with Crippen LogP contribution in [0, 0.1) is 0 Å². The number of nitrogens with two attached hydrogens (primary N) is 1. The molecule has 0 aliphatic heterocycles. The highest BCUT2D eigenvalue weighted by molar-refractivity contribution is 7.91. The third-order valence-corrected chi connectivity index (χ3v) is 3.44. The molecule has 3 N–H and O–H groups in total. The van der Waals surface area contributed by atoms with Crippen LogP contribution in [0.4, 0.5) is 5.69 Å². The van der Waals surface area contributed by atoms with E-state index in [4.69, 9.17) is 5.73 Å². The van der Waals surface area contributed by atoms with Gasteiger partial charge in [0.1, 0.15) is 6.33 Å². The van der Waals surface area contributed by atoms with E-state index >= 15 is 0 Å². The molecule has 2 aromatic rings. The van der Waals surface area contributed by atoms with Gasteiger partial charge in [-0.2, -0.15) is 5.10 Å². The van der Waals surface area contributed by atoms with E-state index in [1.807, 2.05) is 0 Å². The average molecular weight is 224 g/mol. The van der Waals surface area contributed by atoms with Crippen LogP contribution in [0.5, 0.6) is 0 Å². The molecule has 0 bridgehead atoms. The number of hydrogen-bond acceptors (Lipinski definition) is 5. The highest BCUT2D eigenvalue weighted by atomic mass is 32.2. The Kier molecular flexibility index (Phi) is 2.16. The Balaban J connectivity index is 2.52. The van der Waals surface area contributed by atoms with Gasteiger partial charge in [0.05, 0.1) is 4.90 Å². The van der Waals surface area contributed by atoms with Crippen LogP contribution in [-0.2, 0) is 9.84 Å². The first kappa shape index (κ1) is 9.66. The summed E-state index contributed by atoms with van der Waals surface area (Å²) in [5.74, 6) is 0. The summed E-state index contributed by atoms with van der Waals surface area (Å²) >= 11 is 0. The number of aromatic amines is 1. The van der Waals surface area contributed by atoms with Crippen LogP contribution in [0.25, 0.3) is 0 Å². The summed E-state index contributed by atoms with van der Waals surface area (Å²) in [6.07, 6.45) is 1.14. The summed E-state index contributed by atoms with van der Waals surface area (Å²) in [6, 6.07) is 5.88. The number of rotatable bonds is 2. The number of hydrogen-bond donors (Lipinski definition) is 2. The van der Waals surface area contributed by atoms with Gasteiger partial charge in [0.25, 0.3) is 0 Å². The van der Waals surface area contributed by atoms with Gasteiger partial charge in [-0.25, -0.2) is 18.5 Å². The molecule has 1 heterocycles. The van der Waals surface area contributed by atoms with Crippen molar-refractivity contribution in [3.05, 3.63) is 30.6 Å². The van der Waals surface area contributed by atoms with Crippen molar-refractivity contribution in [2.24, 2.45) is 0 Å². The first-order chi connectivity index (χ1) is 7.10. The maximum absolute atomic E-state index is 11.8. The molecule has 1 aromatic heterocycles. The lowest BCUT2D eigenvalue weighted by Gasteiger charge is -2.00. The summed E-state index contributed by atoms with van der Waals surface area (Å²) < 4.78 is 23.7. The molecule has 0 saturated carbocycles. The van der Waals surface area contributed by atoms with Gasteiger partial charge in [-0.05, 0) is 24.3 Å². The van der Waals surface area contributed by atoms with Crippen LogP contribution in [0.3, 0.4) is 0 Å². The third kappa shape index (κ3) is 1.68. The number of anilines is 1. The molecule has 1 aromatic carbocycles. The van der Waals surface area contributed by atoms with Crippen LogP contribution >= 0.6 is 0 Å². The molecule has 0 fully saturated rings. The molecule has 0 spiro atoms. The number of benzene rings is 1. The van der Waals surface area contributed by atoms with Gasteiger partial charge in [-0.3, -0.25) is 0 Å². The van der Waals surface area contributed by atoms with Crippen molar-refractivity contribution in [1.82, 2.24) is 15.2 Å². The zero-order valence-corrected chi connectivity index (χ0v) is 8.40. The number of sulfone groups is 1. The Morgan fingerprint density at radius 1 is 1.20 bits per heavy atom. The molecule has 6 nitrogen and oxygen atoms in total. The van der Waals surface area contributed by atoms with Crippen molar-refractivity contribution in [2.75, 3.05) is 5.73 Å². The minimum atomic E-state index is -3.60. The quantitative estimate of drug-likeness (QED) is 0.710. The Labute approximate surface area is 86.1 Å². The fourth-order valence-electron chi connectivity index (χ4n) is 1.08. The molecule has 15 heavy (non-hydrogen) atoms. The predicted octanol–water partition coefficient (Wildman–Crippen LogP) is 0.220. The van der Waals surface area contributed by atoms with E-state index in [9.17, 15) is 8.42 Å². The number of aromatic nitrogens is 3. The third-order valence-electron chi connectivity index (χ3n) is 1.84. The van der Waals surface area contributed by atoms with Crippen molar-refractivity contribution in [3.8, 4) is 0 Å². The molecule has 7 heteroatoms. The lowest BCUT2D eigenvalue weighted by molar-refractivity contribution is 0.588. The molecule has 0 saturated heterocycles. The highest BCUT2D eigenvalue weighted by Gasteiger charge is 2.20. The van der Waals surface area contributed by atoms with Crippen molar-refractivity contribution in [3.63, 3.8) is 0 Å². The molecular weight excluding hydrogens is 216 g/mol. The fraction of sp³-hybridized carbons (Fsp3) is 0. The molecule has 78 valence electrons. The fourth-order valence-corrected chi connectivity index (χ4v) is 2.16. The highest BCUT2D eigenvalue weighted by Crippen LogP contribution is 2.17. The number of H-pyrrole nitrogens is 1. The van der Waals surface area contributed by atoms with Crippen LogP contribution in [-0.4, -0.2) is 23.6 Å². The zero-order chi connectivity index (χ0) is 10.9. The van der Waals surface area contributed by atoms with E-state index in [0.29, 0.717) is 5.69 Å². The minimum absolute atomic E-state index is 0.133. The van der Waals surface area contributed by atoms with E-state index in [-0.39, 0.29) is 10.1 Å². The monoisotopic (exact) mass is 224 g/mol. The van der Waals surface area contributed by atoms with E-state index < -0.39 is 9.84 Å². The normalized spacial score (nSPS) is 11.5. The first-order valence-electron chi connectivity index (χ1n) is 4.07. The summed E-state index contributed by atoms with van der Waals surface area (Å²) in [7, 11) is -3.60. The lowest BCUT2D eigenvalue weighted by atomic mass is 10.3. The van der Waals surface area contributed by atoms with Gasteiger partial charge in [0, 0.05) is 5.69 Å². The van der Waals surface area contributed by atoms with Gasteiger partial charge in [0.15, 0.2) is 0 Å². The van der Waals surface area contributed by atoms with E-state index in [2.05, 4.69) is 15.2 Å². The van der Waals surface area contributed by atoms with Crippen LogP contribution in [0.1, 0.15) is 0 Å². The molecule has 0 aliphatic rings. The molecule has 0 unspecified atom stereocenters. The topological polar surface area (TPSA) is 102 Å². The summed E-state index contributed by atoms with van der Waals surface area (Å²) in [4.78, 5) is 3.73. The molecule has 0 radical (unpaired) electrons. The second-order valence-corrected chi connectivity index (χ2v) is 4.73. The number of nitrogen functional groups attached to an aromatic ring is 1. The molecule has 2 rings (SSSR count). The van der Waals surface area contributed by atoms with Crippen molar-refractivity contribution in [1.29, 1.82) is 0 Å². The molecular formula is C8H8N4O2S. The summed E-state index contributed by atoms with van der Waals surface area (Å²) in [5, 5.41) is 5.63. The SMILES string of the molecule is Nc1ccc(S(=O)(=O)c2ncn[nH]2)cc1. The largest absolute Gasteiger partial charge is 0.399 e. The Bertz CT molecular complexity index is 545. The van der Waals surface area contributed by atoms with Gasteiger partial charge in [-0.1, -0.05) is 0 Å². The average Bonchev–Trinajstić information content (AvgIpc) is 2.71. The maximum atomic E-state index is 11.8.